The first-order valence-electron chi connectivity index (χ1n) is 6.94. The maximum absolute atomic E-state index is 6.22. The molecule has 0 aliphatic carbocycles. The molecule has 0 atom stereocenters. The van der Waals surface area contributed by atoms with Gasteiger partial charge in [0.15, 0.2) is 10.9 Å². The van der Waals surface area contributed by atoms with Crippen LogP contribution in [0.2, 0.25) is 5.02 Å². The molecule has 0 spiro atoms. The molecule has 0 aliphatic heterocycles. The van der Waals surface area contributed by atoms with Gasteiger partial charge >= 0.3 is 0 Å². The zero-order valence-corrected chi connectivity index (χ0v) is 14.6. The molecule has 124 valence electrons. The number of rotatable bonds is 5. The number of benzene rings is 1. The van der Waals surface area contributed by atoms with Gasteiger partial charge in [-0.05, 0) is 25.1 Å². The van der Waals surface area contributed by atoms with Crippen molar-refractivity contribution in [2.24, 2.45) is 0 Å². The number of aryl methyl sites for hydroxylation is 1. The number of ether oxygens (including phenoxy) is 1. The molecule has 3 rings (SSSR count). The smallest absolute Gasteiger partial charge is 0.224 e. The zero-order valence-electron chi connectivity index (χ0n) is 13.0. The highest BCUT2D eigenvalue weighted by atomic mass is 35.5. The number of thioether (sulfide) groups is 1. The number of anilines is 1. The van der Waals surface area contributed by atoms with E-state index in [4.69, 9.17) is 26.5 Å². The molecule has 1 aromatic carbocycles. The van der Waals surface area contributed by atoms with Crippen molar-refractivity contribution in [3.05, 3.63) is 41.1 Å². The van der Waals surface area contributed by atoms with Crippen LogP contribution in [-0.4, -0.2) is 27.0 Å². The Morgan fingerprint density at radius 3 is 2.88 bits per heavy atom. The monoisotopic (exact) mass is 363 g/mol. The maximum atomic E-state index is 6.22. The van der Waals surface area contributed by atoms with Gasteiger partial charge in [-0.1, -0.05) is 23.4 Å². The summed E-state index contributed by atoms with van der Waals surface area (Å²) in [6.45, 7) is 1.76. The van der Waals surface area contributed by atoms with Gasteiger partial charge in [-0.3, -0.25) is 0 Å². The summed E-state index contributed by atoms with van der Waals surface area (Å²) in [5.74, 6) is 3.02. The number of methoxy groups -OCH3 is 1. The predicted molar refractivity (Wildman–Crippen MR) is 92.0 cm³/mol. The van der Waals surface area contributed by atoms with Crippen molar-refractivity contribution in [2.75, 3.05) is 12.8 Å². The highest BCUT2D eigenvalue weighted by Crippen LogP contribution is 2.32. The first-order chi connectivity index (χ1) is 11.5. The molecule has 2 N–H and O–H groups in total. The topological polar surface area (TPSA) is 100.0 Å². The molecule has 3 aromatic rings. The van der Waals surface area contributed by atoms with E-state index in [1.54, 1.807) is 38.4 Å². The van der Waals surface area contributed by atoms with Gasteiger partial charge in [0.1, 0.15) is 11.6 Å². The van der Waals surface area contributed by atoms with E-state index in [1.165, 1.54) is 11.8 Å². The number of aromatic nitrogens is 4. The number of nitrogens with two attached hydrogens (primary N) is 1. The average Bonchev–Trinajstić information content (AvgIpc) is 3.01. The van der Waals surface area contributed by atoms with Crippen molar-refractivity contribution in [3.63, 3.8) is 0 Å². The lowest BCUT2D eigenvalue weighted by Gasteiger charge is -2.04. The van der Waals surface area contributed by atoms with Crippen LogP contribution in [-0.2, 0) is 5.75 Å². The minimum absolute atomic E-state index is 0.196. The van der Waals surface area contributed by atoms with E-state index in [-0.39, 0.29) is 5.95 Å². The second kappa shape index (κ2) is 7.06. The molecule has 2 aromatic heterocycles. The molecule has 7 nitrogen and oxygen atoms in total. The largest absolute Gasteiger partial charge is 0.497 e. The van der Waals surface area contributed by atoms with Gasteiger partial charge in [0, 0.05) is 5.56 Å². The van der Waals surface area contributed by atoms with E-state index in [2.05, 4.69) is 19.9 Å². The van der Waals surface area contributed by atoms with Gasteiger partial charge < -0.3 is 14.9 Å². The molecule has 0 aliphatic rings. The maximum Gasteiger partial charge on any atom is 0.224 e. The lowest BCUT2D eigenvalue weighted by molar-refractivity contribution is 0.414. The lowest BCUT2D eigenvalue weighted by atomic mass is 10.2. The number of hydrogen-bond donors (Lipinski definition) is 1. The molecule has 24 heavy (non-hydrogen) atoms. The van der Waals surface area contributed by atoms with Crippen LogP contribution in [0.3, 0.4) is 0 Å². The van der Waals surface area contributed by atoms with Crippen molar-refractivity contribution in [3.8, 4) is 17.1 Å². The Morgan fingerprint density at radius 1 is 1.29 bits per heavy atom. The number of halogens is 1. The fourth-order valence-corrected chi connectivity index (χ4v) is 2.94. The SMILES string of the molecule is COc1ccc(Cl)c(-c2cnc(CSc3nc(C)nc(N)n3)o2)c1. The summed E-state index contributed by atoms with van der Waals surface area (Å²) < 4.78 is 11.0. The first-order valence-corrected chi connectivity index (χ1v) is 8.31. The Hall–Kier alpha value is -2.32. The highest BCUT2D eigenvalue weighted by molar-refractivity contribution is 7.98. The molecule has 0 bridgehead atoms. The fourth-order valence-electron chi connectivity index (χ4n) is 1.99. The van der Waals surface area contributed by atoms with Crippen molar-refractivity contribution >= 4 is 29.3 Å². The van der Waals surface area contributed by atoms with Crippen molar-refractivity contribution in [1.82, 2.24) is 19.9 Å². The standard InChI is InChI=1S/C15H14ClN5O2S/c1-8-19-14(17)21-15(20-8)24-7-13-18-6-12(23-13)10-5-9(22-2)3-4-11(10)16/h3-6H,7H2,1-2H3,(H2,17,19,20,21). The summed E-state index contributed by atoms with van der Waals surface area (Å²) in [5.41, 5.74) is 6.33. The molecule has 0 saturated heterocycles. The van der Waals surface area contributed by atoms with Gasteiger partial charge in [-0.15, -0.1) is 0 Å². The van der Waals surface area contributed by atoms with Crippen LogP contribution in [0.1, 0.15) is 11.7 Å². The fraction of sp³-hybridized carbons (Fsp3) is 0.200. The Kier molecular flexibility index (Phi) is 4.86. The van der Waals surface area contributed by atoms with Gasteiger partial charge in [-0.25, -0.2) is 9.97 Å². The van der Waals surface area contributed by atoms with Crippen LogP contribution < -0.4 is 10.5 Å². The van der Waals surface area contributed by atoms with E-state index >= 15 is 0 Å². The van der Waals surface area contributed by atoms with E-state index in [0.29, 0.717) is 39.2 Å². The lowest BCUT2D eigenvalue weighted by Crippen LogP contribution is -2.01. The molecular weight excluding hydrogens is 350 g/mol. The predicted octanol–water partition coefficient (Wildman–Crippen LogP) is 3.37. The third-order valence-electron chi connectivity index (χ3n) is 3.06. The molecule has 0 saturated carbocycles. The van der Waals surface area contributed by atoms with E-state index in [0.717, 1.165) is 5.56 Å². The Bertz CT molecular complexity index is 851. The number of nitrogens with zero attached hydrogens (tertiary/aromatic N) is 4. The molecule has 0 unspecified atom stereocenters. The summed E-state index contributed by atoms with van der Waals surface area (Å²) >= 11 is 7.58. The van der Waals surface area contributed by atoms with Crippen LogP contribution in [0.15, 0.2) is 34.0 Å². The first kappa shape index (κ1) is 16.5. The van der Waals surface area contributed by atoms with Crippen LogP contribution in [0.4, 0.5) is 5.95 Å². The average molecular weight is 364 g/mol. The molecule has 0 amide bonds. The number of nitrogen functional groups attached to an aromatic ring is 1. The summed E-state index contributed by atoms with van der Waals surface area (Å²) in [7, 11) is 1.60. The quantitative estimate of drug-likeness (QED) is 0.688. The summed E-state index contributed by atoms with van der Waals surface area (Å²) in [4.78, 5) is 16.5. The molecule has 9 heteroatoms. The third kappa shape index (κ3) is 3.77. The second-order valence-electron chi connectivity index (χ2n) is 4.78. The second-order valence-corrected chi connectivity index (χ2v) is 6.13. The van der Waals surface area contributed by atoms with Crippen molar-refractivity contribution in [1.29, 1.82) is 0 Å². The number of hydrogen-bond acceptors (Lipinski definition) is 8. The van der Waals surface area contributed by atoms with Crippen LogP contribution in [0, 0.1) is 6.92 Å². The Balaban J connectivity index is 1.76. The highest BCUT2D eigenvalue weighted by Gasteiger charge is 2.12. The normalized spacial score (nSPS) is 10.8. The number of oxazole rings is 1. The van der Waals surface area contributed by atoms with Gasteiger partial charge in [0.2, 0.25) is 11.8 Å². The summed E-state index contributed by atoms with van der Waals surface area (Å²) in [5, 5.41) is 1.09. The minimum Gasteiger partial charge on any atom is -0.497 e. The van der Waals surface area contributed by atoms with Crippen LogP contribution in [0.5, 0.6) is 5.75 Å². The molecular formula is C15H14ClN5O2S. The van der Waals surface area contributed by atoms with Crippen LogP contribution >= 0.6 is 23.4 Å². The Morgan fingerprint density at radius 2 is 2.12 bits per heavy atom. The molecule has 2 heterocycles. The summed E-state index contributed by atoms with van der Waals surface area (Å²) in [6.07, 6.45) is 1.63. The van der Waals surface area contributed by atoms with Crippen molar-refractivity contribution in [2.45, 2.75) is 17.8 Å². The van der Waals surface area contributed by atoms with Gasteiger partial charge in [-0.2, -0.15) is 9.97 Å². The van der Waals surface area contributed by atoms with E-state index in [1.807, 2.05) is 0 Å². The molecule has 0 fully saturated rings. The van der Waals surface area contributed by atoms with Gasteiger partial charge in [0.25, 0.3) is 0 Å². The third-order valence-corrected chi connectivity index (χ3v) is 4.22. The summed E-state index contributed by atoms with van der Waals surface area (Å²) in [6, 6.07) is 5.34. The Labute approximate surface area is 147 Å². The van der Waals surface area contributed by atoms with Crippen LogP contribution in [0.25, 0.3) is 11.3 Å². The zero-order chi connectivity index (χ0) is 17.1. The molecule has 0 radical (unpaired) electrons. The minimum atomic E-state index is 0.196. The van der Waals surface area contributed by atoms with Gasteiger partial charge in [0.05, 0.1) is 24.1 Å². The van der Waals surface area contributed by atoms with E-state index < -0.39 is 0 Å². The van der Waals surface area contributed by atoms with Crippen molar-refractivity contribution < 1.29 is 9.15 Å². The van der Waals surface area contributed by atoms with E-state index in [9.17, 15) is 0 Å².